The number of hydrogen-bond acceptors (Lipinski definition) is 6. The van der Waals surface area contributed by atoms with Gasteiger partial charge in [0.1, 0.15) is 11.9 Å². The van der Waals surface area contributed by atoms with Crippen LogP contribution in [0.4, 0.5) is 4.79 Å². The van der Waals surface area contributed by atoms with Crippen LogP contribution < -0.4 is 5.32 Å². The minimum atomic E-state index is -0.485. The fraction of sp³-hybridized carbons (Fsp3) is 0.762. The zero-order valence-corrected chi connectivity index (χ0v) is 19.3. The fourth-order valence-electron chi connectivity index (χ4n) is 3.27. The third kappa shape index (κ3) is 8.22. The van der Waals surface area contributed by atoms with Crippen molar-refractivity contribution in [1.82, 2.24) is 25.2 Å². The first-order chi connectivity index (χ1) is 14.2. The molecule has 0 radical (unpaired) electrons. The Kier molecular flexibility index (Phi) is 8.95. The second kappa shape index (κ2) is 11.2. The highest BCUT2D eigenvalue weighted by atomic mass is 16.6. The number of hydrogen-bond donors (Lipinski definition) is 1. The number of piperazine rings is 1. The fourth-order valence-corrected chi connectivity index (χ4v) is 3.27. The maximum absolute atomic E-state index is 12.2. The third-order valence-electron chi connectivity index (χ3n) is 4.73. The van der Waals surface area contributed by atoms with E-state index in [1.165, 1.54) is 0 Å². The van der Waals surface area contributed by atoms with Crippen molar-refractivity contribution < 1.29 is 14.1 Å². The van der Waals surface area contributed by atoms with Gasteiger partial charge >= 0.3 is 6.09 Å². The molecule has 1 atom stereocenters. The highest BCUT2D eigenvalue weighted by molar-refractivity contribution is 5.80. The zero-order chi connectivity index (χ0) is 22.1. The van der Waals surface area contributed by atoms with Crippen LogP contribution in [0.1, 0.15) is 40.3 Å². The molecule has 1 aromatic rings. The monoisotopic (exact) mass is 422 g/mol. The molecule has 1 fully saturated rings. The van der Waals surface area contributed by atoms with E-state index in [2.05, 4.69) is 34.1 Å². The summed E-state index contributed by atoms with van der Waals surface area (Å²) >= 11 is 0. The molecule has 1 aliphatic heterocycles. The molecular formula is C21H38N6O3. The van der Waals surface area contributed by atoms with E-state index in [-0.39, 0.29) is 12.0 Å². The van der Waals surface area contributed by atoms with Crippen molar-refractivity contribution in [2.45, 2.75) is 46.8 Å². The summed E-state index contributed by atoms with van der Waals surface area (Å²) in [4.78, 5) is 23.3. The summed E-state index contributed by atoms with van der Waals surface area (Å²) in [6.45, 7) is 16.4. The summed E-state index contributed by atoms with van der Waals surface area (Å²) in [6, 6.07) is 1.91. The van der Waals surface area contributed by atoms with Crippen molar-refractivity contribution in [2.24, 2.45) is 10.9 Å². The van der Waals surface area contributed by atoms with Crippen LogP contribution in [0.2, 0.25) is 0 Å². The van der Waals surface area contributed by atoms with Crippen molar-refractivity contribution in [2.75, 3.05) is 52.9 Å². The lowest BCUT2D eigenvalue weighted by molar-refractivity contribution is 0.0279. The van der Waals surface area contributed by atoms with Crippen molar-refractivity contribution in [3.63, 3.8) is 0 Å². The molecular weight excluding hydrogens is 384 g/mol. The van der Waals surface area contributed by atoms with Crippen LogP contribution in [0.5, 0.6) is 0 Å². The minimum Gasteiger partial charge on any atom is -0.444 e. The van der Waals surface area contributed by atoms with E-state index in [0.717, 1.165) is 50.9 Å². The predicted octanol–water partition coefficient (Wildman–Crippen LogP) is 2.26. The third-order valence-corrected chi connectivity index (χ3v) is 4.73. The number of carbonyl (C=O) groups excluding carboxylic acids is 1. The first kappa shape index (κ1) is 24.0. The largest absolute Gasteiger partial charge is 0.444 e. The predicted molar refractivity (Wildman–Crippen MR) is 117 cm³/mol. The highest BCUT2D eigenvalue weighted by Crippen LogP contribution is 2.11. The Morgan fingerprint density at radius 2 is 2.07 bits per heavy atom. The van der Waals surface area contributed by atoms with Crippen molar-refractivity contribution in [3.8, 4) is 0 Å². The Balaban J connectivity index is 1.82. The highest BCUT2D eigenvalue weighted by Gasteiger charge is 2.22. The molecule has 1 unspecified atom stereocenters. The van der Waals surface area contributed by atoms with Gasteiger partial charge in [0.25, 0.3) is 0 Å². The van der Waals surface area contributed by atoms with Crippen LogP contribution in [0.3, 0.4) is 0 Å². The van der Waals surface area contributed by atoms with E-state index in [4.69, 9.17) is 14.3 Å². The number of ether oxygens (including phenoxy) is 1. The van der Waals surface area contributed by atoms with Gasteiger partial charge in [-0.3, -0.25) is 9.89 Å². The summed E-state index contributed by atoms with van der Waals surface area (Å²) in [5.74, 6) is 1.16. The molecule has 170 valence electrons. The topological polar surface area (TPSA) is 86.4 Å². The summed E-state index contributed by atoms with van der Waals surface area (Å²) in [5, 5.41) is 7.39. The molecule has 1 N–H and O–H groups in total. The van der Waals surface area contributed by atoms with Crippen molar-refractivity contribution in [3.05, 3.63) is 18.0 Å². The van der Waals surface area contributed by atoms with Crippen molar-refractivity contribution >= 4 is 12.1 Å². The number of nitrogens with zero attached hydrogens (tertiary/aromatic N) is 5. The van der Waals surface area contributed by atoms with Gasteiger partial charge in [-0.15, -0.1) is 0 Å². The molecule has 1 saturated heterocycles. The molecule has 0 saturated carbocycles. The van der Waals surface area contributed by atoms with Crippen LogP contribution in [-0.4, -0.2) is 90.4 Å². The van der Waals surface area contributed by atoms with Gasteiger partial charge in [-0.05, 0) is 33.6 Å². The summed E-state index contributed by atoms with van der Waals surface area (Å²) in [6.07, 6.45) is 1.32. The molecule has 0 aliphatic carbocycles. The van der Waals surface area contributed by atoms with Gasteiger partial charge in [0.15, 0.2) is 5.96 Å². The smallest absolute Gasteiger partial charge is 0.410 e. The van der Waals surface area contributed by atoms with Gasteiger partial charge in [0, 0.05) is 65.5 Å². The normalized spacial score (nSPS) is 17.0. The van der Waals surface area contributed by atoms with Gasteiger partial charge in [-0.2, -0.15) is 0 Å². The average Bonchev–Trinajstić information content (AvgIpc) is 3.17. The molecule has 1 aromatic heterocycles. The SMILES string of the molecule is CCNC(=NCC(C)CN(C)C(=O)OC(C)(C)C)N1CCN(Cc2ccon2)CC1. The standard InChI is InChI=1S/C21H38N6O3/c1-7-22-19(23-14-17(2)15-25(6)20(28)30-21(3,4)5)27-11-9-26(10-12-27)16-18-8-13-29-24-18/h8,13,17H,7,9-12,14-16H2,1-6H3,(H,22,23). The summed E-state index contributed by atoms with van der Waals surface area (Å²) < 4.78 is 10.3. The van der Waals surface area contributed by atoms with Crippen LogP contribution in [0.25, 0.3) is 0 Å². The Morgan fingerprint density at radius 1 is 1.37 bits per heavy atom. The molecule has 30 heavy (non-hydrogen) atoms. The number of nitrogens with one attached hydrogen (secondary N) is 1. The Morgan fingerprint density at radius 3 is 2.63 bits per heavy atom. The Labute approximate surface area is 180 Å². The van der Waals surface area contributed by atoms with Gasteiger partial charge < -0.3 is 24.4 Å². The summed E-state index contributed by atoms with van der Waals surface area (Å²) in [5.41, 5.74) is 0.479. The van der Waals surface area contributed by atoms with Crippen LogP contribution in [-0.2, 0) is 11.3 Å². The van der Waals surface area contributed by atoms with Gasteiger partial charge in [-0.25, -0.2) is 4.79 Å². The lowest BCUT2D eigenvalue weighted by Crippen LogP contribution is -2.52. The van der Waals surface area contributed by atoms with Crippen LogP contribution in [0, 0.1) is 5.92 Å². The Bertz CT molecular complexity index is 663. The molecule has 1 amide bonds. The molecule has 9 heteroatoms. The number of aliphatic imine (C=N–C) groups is 1. The number of aromatic nitrogens is 1. The van der Waals surface area contributed by atoms with Crippen molar-refractivity contribution in [1.29, 1.82) is 0 Å². The van der Waals surface area contributed by atoms with E-state index >= 15 is 0 Å². The van der Waals surface area contributed by atoms with E-state index in [1.54, 1.807) is 18.2 Å². The molecule has 0 bridgehead atoms. The second-order valence-electron chi connectivity index (χ2n) is 8.91. The van der Waals surface area contributed by atoms with Gasteiger partial charge in [-0.1, -0.05) is 12.1 Å². The minimum absolute atomic E-state index is 0.227. The lowest BCUT2D eigenvalue weighted by atomic mass is 10.2. The quantitative estimate of drug-likeness (QED) is 0.533. The van der Waals surface area contributed by atoms with E-state index in [9.17, 15) is 4.79 Å². The molecule has 9 nitrogen and oxygen atoms in total. The molecule has 2 heterocycles. The van der Waals surface area contributed by atoms with E-state index < -0.39 is 5.60 Å². The first-order valence-corrected chi connectivity index (χ1v) is 10.8. The van der Waals surface area contributed by atoms with Crippen LogP contribution in [0.15, 0.2) is 21.8 Å². The van der Waals surface area contributed by atoms with Gasteiger partial charge in [0.2, 0.25) is 0 Å². The lowest BCUT2D eigenvalue weighted by Gasteiger charge is -2.36. The first-order valence-electron chi connectivity index (χ1n) is 10.8. The molecule has 2 rings (SSSR count). The Hall–Kier alpha value is -2.29. The number of guanidine groups is 1. The van der Waals surface area contributed by atoms with E-state index in [0.29, 0.717) is 13.1 Å². The average molecular weight is 423 g/mol. The molecule has 0 aromatic carbocycles. The van der Waals surface area contributed by atoms with E-state index in [1.807, 2.05) is 26.8 Å². The zero-order valence-electron chi connectivity index (χ0n) is 19.3. The second-order valence-corrected chi connectivity index (χ2v) is 8.91. The maximum Gasteiger partial charge on any atom is 0.410 e. The maximum atomic E-state index is 12.2. The number of rotatable bonds is 7. The molecule has 1 aliphatic rings. The van der Waals surface area contributed by atoms with Gasteiger partial charge in [0.05, 0.1) is 5.69 Å². The number of carbonyl (C=O) groups is 1. The van der Waals surface area contributed by atoms with Crippen LogP contribution >= 0.6 is 0 Å². The summed E-state index contributed by atoms with van der Waals surface area (Å²) in [7, 11) is 1.77. The number of amides is 1. The molecule has 0 spiro atoms.